The average Bonchev–Trinajstić information content (AvgIpc) is 3.23. The number of aryl methyl sites for hydroxylation is 1. The Morgan fingerprint density at radius 1 is 1.18 bits per heavy atom. The Labute approximate surface area is 131 Å². The van der Waals surface area contributed by atoms with Crippen molar-refractivity contribution in [3.63, 3.8) is 0 Å². The van der Waals surface area contributed by atoms with Crippen molar-refractivity contribution in [2.45, 2.75) is 45.1 Å². The lowest BCUT2D eigenvalue weighted by molar-refractivity contribution is 0.459. The molecule has 3 heterocycles. The highest BCUT2D eigenvalue weighted by Gasteiger charge is 2.28. The normalized spacial score (nSPS) is 22.0. The highest BCUT2D eigenvalue weighted by molar-refractivity contribution is 5.32. The zero-order valence-corrected chi connectivity index (χ0v) is 13.1. The van der Waals surface area contributed by atoms with Crippen molar-refractivity contribution in [3.05, 3.63) is 36.2 Å². The Bertz CT molecular complexity index is 646. The number of anilines is 1. The molecule has 0 unspecified atom stereocenters. The smallest absolute Gasteiger partial charge is 0.225 e. The molecule has 1 aliphatic heterocycles. The number of imidazole rings is 1. The molecule has 5 heteroatoms. The lowest BCUT2D eigenvalue weighted by atomic mass is 9.97. The first kappa shape index (κ1) is 13.7. The van der Waals surface area contributed by atoms with E-state index in [1.165, 1.54) is 31.5 Å². The molecule has 1 saturated carbocycles. The van der Waals surface area contributed by atoms with Gasteiger partial charge >= 0.3 is 0 Å². The molecular formula is C17H23N5. The Hall–Kier alpha value is -1.91. The van der Waals surface area contributed by atoms with Gasteiger partial charge in [-0.2, -0.15) is 0 Å². The number of aromatic nitrogens is 4. The molecule has 2 fully saturated rings. The third-order valence-corrected chi connectivity index (χ3v) is 4.75. The van der Waals surface area contributed by atoms with Crippen molar-refractivity contribution in [2.24, 2.45) is 5.92 Å². The van der Waals surface area contributed by atoms with E-state index >= 15 is 0 Å². The summed E-state index contributed by atoms with van der Waals surface area (Å²) in [5.74, 6) is 3.49. The van der Waals surface area contributed by atoms with Crippen molar-refractivity contribution in [1.82, 2.24) is 19.5 Å². The van der Waals surface area contributed by atoms with Gasteiger partial charge in [-0.05, 0) is 44.6 Å². The van der Waals surface area contributed by atoms with Crippen LogP contribution in [-0.4, -0.2) is 32.6 Å². The first-order chi connectivity index (χ1) is 10.8. The molecule has 1 atom stereocenters. The molecule has 0 radical (unpaired) electrons. The largest absolute Gasteiger partial charge is 0.340 e. The van der Waals surface area contributed by atoms with E-state index in [2.05, 4.69) is 30.6 Å². The summed E-state index contributed by atoms with van der Waals surface area (Å²) in [7, 11) is 0. The molecule has 2 aromatic rings. The van der Waals surface area contributed by atoms with Crippen molar-refractivity contribution in [1.29, 1.82) is 0 Å². The summed E-state index contributed by atoms with van der Waals surface area (Å²) < 4.78 is 2.38. The number of hydrogen-bond acceptors (Lipinski definition) is 4. The lowest BCUT2D eigenvalue weighted by Crippen LogP contribution is -2.36. The van der Waals surface area contributed by atoms with Gasteiger partial charge in [0.1, 0.15) is 5.82 Å². The van der Waals surface area contributed by atoms with Crippen LogP contribution in [0.3, 0.4) is 0 Å². The van der Waals surface area contributed by atoms with Crippen LogP contribution in [0.25, 0.3) is 0 Å². The quantitative estimate of drug-likeness (QED) is 0.870. The molecule has 0 N–H and O–H groups in total. The topological polar surface area (TPSA) is 46.8 Å². The first-order valence-corrected chi connectivity index (χ1v) is 8.35. The van der Waals surface area contributed by atoms with Crippen LogP contribution in [0.1, 0.15) is 43.1 Å². The minimum absolute atomic E-state index is 0.492. The standard InChI is InChI=1S/C17H23N5/c1-13-6-7-19-17(20-13)22-9-2-3-15(12-22)16-18-8-10-21(16)11-14-4-5-14/h6-8,10,14-15H,2-5,9,11-12H2,1H3/t15-/m0/s1. The van der Waals surface area contributed by atoms with E-state index in [1.54, 1.807) is 0 Å². The van der Waals surface area contributed by atoms with Gasteiger partial charge in [0.15, 0.2) is 0 Å². The Balaban J connectivity index is 1.52. The Kier molecular flexibility index (Phi) is 3.56. The van der Waals surface area contributed by atoms with Gasteiger partial charge in [-0.25, -0.2) is 15.0 Å². The number of piperidine rings is 1. The second-order valence-electron chi connectivity index (χ2n) is 6.66. The first-order valence-electron chi connectivity index (χ1n) is 8.35. The van der Waals surface area contributed by atoms with E-state index in [-0.39, 0.29) is 0 Å². The molecule has 22 heavy (non-hydrogen) atoms. The van der Waals surface area contributed by atoms with E-state index in [4.69, 9.17) is 0 Å². The van der Waals surface area contributed by atoms with Gasteiger partial charge in [-0.3, -0.25) is 0 Å². The summed E-state index contributed by atoms with van der Waals surface area (Å²) in [4.78, 5) is 16.0. The molecule has 1 aliphatic carbocycles. The Morgan fingerprint density at radius 3 is 2.91 bits per heavy atom. The molecule has 0 spiro atoms. The monoisotopic (exact) mass is 297 g/mol. The van der Waals surface area contributed by atoms with Crippen LogP contribution in [0.2, 0.25) is 0 Å². The predicted octanol–water partition coefficient (Wildman–Crippen LogP) is 2.78. The molecule has 1 saturated heterocycles. The number of hydrogen-bond donors (Lipinski definition) is 0. The molecule has 4 rings (SSSR count). The van der Waals surface area contributed by atoms with Crippen molar-refractivity contribution in [2.75, 3.05) is 18.0 Å². The highest BCUT2D eigenvalue weighted by Crippen LogP contribution is 2.33. The second-order valence-corrected chi connectivity index (χ2v) is 6.66. The third kappa shape index (κ3) is 2.85. The summed E-state index contributed by atoms with van der Waals surface area (Å²) in [6.07, 6.45) is 11.1. The zero-order valence-electron chi connectivity index (χ0n) is 13.1. The molecule has 2 aliphatic rings. The van der Waals surface area contributed by atoms with Gasteiger partial charge < -0.3 is 9.47 Å². The minimum Gasteiger partial charge on any atom is -0.340 e. The maximum absolute atomic E-state index is 4.66. The maximum atomic E-state index is 4.66. The fraction of sp³-hybridized carbons (Fsp3) is 0.588. The van der Waals surface area contributed by atoms with Crippen LogP contribution in [0, 0.1) is 12.8 Å². The molecule has 0 aromatic carbocycles. The van der Waals surface area contributed by atoms with Gasteiger partial charge in [-0.15, -0.1) is 0 Å². The van der Waals surface area contributed by atoms with Crippen LogP contribution in [0.5, 0.6) is 0 Å². The van der Waals surface area contributed by atoms with E-state index < -0.39 is 0 Å². The molecule has 116 valence electrons. The minimum atomic E-state index is 0.492. The van der Waals surface area contributed by atoms with Crippen molar-refractivity contribution in [3.8, 4) is 0 Å². The predicted molar refractivity (Wildman–Crippen MR) is 85.9 cm³/mol. The summed E-state index contributed by atoms with van der Waals surface area (Å²) in [5, 5.41) is 0. The van der Waals surface area contributed by atoms with E-state index in [9.17, 15) is 0 Å². The SMILES string of the molecule is Cc1ccnc(N2CCC[C@H](c3nccn3CC3CC3)C2)n1. The van der Waals surface area contributed by atoms with Crippen LogP contribution in [0.4, 0.5) is 5.95 Å². The van der Waals surface area contributed by atoms with Crippen LogP contribution in [-0.2, 0) is 6.54 Å². The van der Waals surface area contributed by atoms with Gasteiger partial charge in [-0.1, -0.05) is 0 Å². The molecule has 0 amide bonds. The summed E-state index contributed by atoms with van der Waals surface area (Å²) in [5.41, 5.74) is 1.03. The molecule has 5 nitrogen and oxygen atoms in total. The van der Waals surface area contributed by atoms with Gasteiger partial charge in [0.05, 0.1) is 0 Å². The molecular weight excluding hydrogens is 274 g/mol. The van der Waals surface area contributed by atoms with Crippen LogP contribution < -0.4 is 4.90 Å². The summed E-state index contributed by atoms with van der Waals surface area (Å²) in [6.45, 7) is 5.19. The van der Waals surface area contributed by atoms with Crippen molar-refractivity contribution < 1.29 is 0 Å². The highest BCUT2D eigenvalue weighted by atomic mass is 15.3. The summed E-state index contributed by atoms with van der Waals surface area (Å²) >= 11 is 0. The third-order valence-electron chi connectivity index (χ3n) is 4.75. The van der Waals surface area contributed by atoms with Gasteiger partial charge in [0.2, 0.25) is 5.95 Å². The molecule has 0 bridgehead atoms. The maximum Gasteiger partial charge on any atom is 0.225 e. The van der Waals surface area contributed by atoms with E-state index in [1.807, 2.05) is 25.4 Å². The van der Waals surface area contributed by atoms with Crippen LogP contribution >= 0.6 is 0 Å². The number of rotatable bonds is 4. The van der Waals surface area contributed by atoms with Gasteiger partial charge in [0.25, 0.3) is 0 Å². The number of nitrogens with zero attached hydrogens (tertiary/aromatic N) is 5. The molecule has 2 aromatic heterocycles. The summed E-state index contributed by atoms with van der Waals surface area (Å²) in [6, 6.07) is 1.95. The van der Waals surface area contributed by atoms with Crippen LogP contribution in [0.15, 0.2) is 24.7 Å². The lowest BCUT2D eigenvalue weighted by Gasteiger charge is -2.32. The fourth-order valence-electron chi connectivity index (χ4n) is 3.37. The van der Waals surface area contributed by atoms with Gasteiger partial charge in [0, 0.05) is 49.8 Å². The average molecular weight is 297 g/mol. The van der Waals surface area contributed by atoms with E-state index in [0.717, 1.165) is 37.2 Å². The second kappa shape index (κ2) is 5.71. The zero-order chi connectivity index (χ0) is 14.9. The van der Waals surface area contributed by atoms with Crippen molar-refractivity contribution >= 4 is 5.95 Å². The fourth-order valence-corrected chi connectivity index (χ4v) is 3.37. The van der Waals surface area contributed by atoms with E-state index in [0.29, 0.717) is 5.92 Å². The Morgan fingerprint density at radius 2 is 2.09 bits per heavy atom.